The van der Waals surface area contributed by atoms with Crippen LogP contribution in [-0.2, 0) is 17.2 Å². The van der Waals surface area contributed by atoms with Crippen molar-refractivity contribution in [1.82, 2.24) is 0 Å². The third-order valence-corrected chi connectivity index (χ3v) is 2.63. The summed E-state index contributed by atoms with van der Waals surface area (Å²) in [5, 5.41) is 0. The smallest absolute Gasteiger partial charge is 0.458 e. The van der Waals surface area contributed by atoms with Gasteiger partial charge in [-0.3, -0.25) is 9.27 Å². The summed E-state index contributed by atoms with van der Waals surface area (Å²) in [6, 6.07) is 0.731. The molecule has 20 heavy (non-hydrogen) atoms. The summed E-state index contributed by atoms with van der Waals surface area (Å²) < 4.78 is 88.9. The Kier molecular flexibility index (Phi) is 4.44. The Labute approximate surface area is 112 Å². The average Bonchev–Trinajstić information content (AvgIpc) is 2.26. The van der Waals surface area contributed by atoms with Gasteiger partial charge in [0, 0.05) is 5.56 Å². The zero-order valence-electron chi connectivity index (χ0n) is 9.79. The highest BCUT2D eigenvalue weighted by molar-refractivity contribution is 7.80. The zero-order valence-corrected chi connectivity index (χ0v) is 10.6. The van der Waals surface area contributed by atoms with Crippen molar-refractivity contribution in [3.05, 3.63) is 17.7 Å². The van der Waals surface area contributed by atoms with E-state index in [1.807, 2.05) is 0 Å². The lowest BCUT2D eigenvalue weighted by atomic mass is 10.1. The molecule has 11 heteroatoms. The number of nitrogens with one attached hydrogen (secondary N) is 1. The maximum Gasteiger partial charge on any atom is 0.458 e. The van der Waals surface area contributed by atoms with E-state index in [0.29, 0.717) is 12.1 Å². The standard InChI is InChI=1S/C9H9F5N2O3S/c1-19-7-5(15)2-4(3-6(7)16-20(17)18)8(10,11)9(12,13)14/h2-3,16H,15H2,1H3,(H,17,18). The Morgan fingerprint density at radius 1 is 1.30 bits per heavy atom. The van der Waals surface area contributed by atoms with Gasteiger partial charge in [0.2, 0.25) is 0 Å². The second-order valence-corrected chi connectivity index (χ2v) is 4.27. The Hall–Kier alpha value is -1.62. The summed E-state index contributed by atoms with van der Waals surface area (Å²) in [5.74, 6) is -5.49. The van der Waals surface area contributed by atoms with Crippen LogP contribution in [-0.4, -0.2) is 22.0 Å². The predicted molar refractivity (Wildman–Crippen MR) is 61.7 cm³/mol. The summed E-state index contributed by atoms with van der Waals surface area (Å²) in [7, 11) is 1.07. The minimum Gasteiger partial charge on any atom is -0.492 e. The molecule has 0 heterocycles. The van der Waals surface area contributed by atoms with Gasteiger partial charge in [0.25, 0.3) is 11.3 Å². The number of hydrogen-bond acceptors (Lipinski definition) is 3. The molecular formula is C9H9F5N2O3S. The molecule has 0 aromatic heterocycles. The van der Waals surface area contributed by atoms with Gasteiger partial charge in [-0.05, 0) is 12.1 Å². The van der Waals surface area contributed by atoms with E-state index in [-0.39, 0.29) is 5.75 Å². The first-order chi connectivity index (χ1) is 9.00. The average molecular weight is 320 g/mol. The molecule has 1 aromatic carbocycles. The maximum atomic E-state index is 13.2. The van der Waals surface area contributed by atoms with Gasteiger partial charge in [0.15, 0.2) is 5.75 Å². The van der Waals surface area contributed by atoms with Crippen molar-refractivity contribution >= 4 is 22.6 Å². The van der Waals surface area contributed by atoms with Crippen molar-refractivity contribution in [3.8, 4) is 5.75 Å². The van der Waals surface area contributed by atoms with Crippen LogP contribution in [0.3, 0.4) is 0 Å². The normalized spacial score (nSPS) is 13.9. The largest absolute Gasteiger partial charge is 0.492 e. The van der Waals surface area contributed by atoms with Gasteiger partial charge in [-0.15, -0.1) is 0 Å². The molecule has 0 radical (unpaired) electrons. The highest BCUT2D eigenvalue weighted by Crippen LogP contribution is 2.47. The lowest BCUT2D eigenvalue weighted by Gasteiger charge is -2.22. The lowest BCUT2D eigenvalue weighted by Crippen LogP contribution is -2.33. The first-order valence-electron chi connectivity index (χ1n) is 4.80. The molecule has 0 fully saturated rings. The molecule has 0 aliphatic carbocycles. The van der Waals surface area contributed by atoms with Gasteiger partial charge < -0.3 is 10.5 Å². The van der Waals surface area contributed by atoms with E-state index in [9.17, 15) is 26.2 Å². The van der Waals surface area contributed by atoms with Crippen LogP contribution >= 0.6 is 0 Å². The Bertz CT molecular complexity index is 535. The molecular weight excluding hydrogens is 311 g/mol. The molecule has 4 N–H and O–H groups in total. The van der Waals surface area contributed by atoms with E-state index in [2.05, 4.69) is 4.74 Å². The van der Waals surface area contributed by atoms with E-state index in [1.165, 1.54) is 0 Å². The molecule has 1 unspecified atom stereocenters. The number of anilines is 2. The van der Waals surface area contributed by atoms with Crippen LogP contribution in [0.5, 0.6) is 5.75 Å². The van der Waals surface area contributed by atoms with Crippen LogP contribution in [0.2, 0.25) is 0 Å². The maximum absolute atomic E-state index is 13.2. The number of nitrogen functional groups attached to an aromatic ring is 1. The molecule has 5 nitrogen and oxygen atoms in total. The first kappa shape index (κ1) is 16.4. The van der Waals surface area contributed by atoms with Crippen molar-refractivity contribution < 1.29 is 35.5 Å². The molecule has 0 saturated carbocycles. The van der Waals surface area contributed by atoms with Crippen LogP contribution in [0.15, 0.2) is 12.1 Å². The number of rotatable bonds is 4. The summed E-state index contributed by atoms with van der Waals surface area (Å²) >= 11 is -2.70. The molecule has 1 rings (SSSR count). The summed E-state index contributed by atoms with van der Waals surface area (Å²) in [6.07, 6.45) is -5.83. The molecule has 0 spiro atoms. The zero-order chi connectivity index (χ0) is 15.7. The molecule has 1 aromatic rings. The van der Waals surface area contributed by atoms with Gasteiger partial charge in [0.1, 0.15) is 0 Å². The summed E-state index contributed by atoms with van der Waals surface area (Å²) in [4.78, 5) is 0. The fourth-order valence-electron chi connectivity index (χ4n) is 1.39. The van der Waals surface area contributed by atoms with Crippen molar-refractivity contribution in [1.29, 1.82) is 0 Å². The van der Waals surface area contributed by atoms with Gasteiger partial charge in [-0.1, -0.05) is 0 Å². The third kappa shape index (κ3) is 3.10. The van der Waals surface area contributed by atoms with Gasteiger partial charge >= 0.3 is 12.1 Å². The monoisotopic (exact) mass is 320 g/mol. The van der Waals surface area contributed by atoms with Crippen LogP contribution in [0, 0.1) is 0 Å². The second kappa shape index (κ2) is 5.40. The molecule has 1 atom stereocenters. The second-order valence-electron chi connectivity index (χ2n) is 3.57. The minimum atomic E-state index is -5.83. The van der Waals surface area contributed by atoms with E-state index in [0.717, 1.165) is 7.11 Å². The quantitative estimate of drug-likeness (QED) is 0.452. The first-order valence-corrected chi connectivity index (χ1v) is 5.91. The highest BCUT2D eigenvalue weighted by Gasteiger charge is 2.59. The van der Waals surface area contributed by atoms with Gasteiger partial charge in [-0.2, -0.15) is 22.0 Å². The topological polar surface area (TPSA) is 84.6 Å². The van der Waals surface area contributed by atoms with E-state index in [1.54, 1.807) is 4.72 Å². The predicted octanol–water partition coefficient (Wildman–Crippen LogP) is 2.48. The van der Waals surface area contributed by atoms with E-state index < -0.39 is 40.3 Å². The van der Waals surface area contributed by atoms with Crippen molar-refractivity contribution in [2.45, 2.75) is 12.1 Å². The number of nitrogens with two attached hydrogens (primary N) is 1. The minimum absolute atomic E-state index is 0.325. The van der Waals surface area contributed by atoms with Crippen LogP contribution in [0.1, 0.15) is 5.56 Å². The van der Waals surface area contributed by atoms with Gasteiger partial charge in [0.05, 0.1) is 18.5 Å². The number of methoxy groups -OCH3 is 1. The van der Waals surface area contributed by atoms with Crippen LogP contribution in [0.4, 0.5) is 33.3 Å². The van der Waals surface area contributed by atoms with Crippen LogP contribution < -0.4 is 15.2 Å². The fraction of sp³-hybridized carbons (Fsp3) is 0.333. The molecule has 0 aliphatic heterocycles. The van der Waals surface area contributed by atoms with Crippen molar-refractivity contribution in [3.63, 3.8) is 0 Å². The Morgan fingerprint density at radius 2 is 1.85 bits per heavy atom. The van der Waals surface area contributed by atoms with Crippen molar-refractivity contribution in [2.75, 3.05) is 17.6 Å². The van der Waals surface area contributed by atoms with Crippen LogP contribution in [0.25, 0.3) is 0 Å². The highest BCUT2D eigenvalue weighted by atomic mass is 32.2. The van der Waals surface area contributed by atoms with Crippen molar-refractivity contribution in [2.24, 2.45) is 0 Å². The molecule has 114 valence electrons. The molecule has 0 bridgehead atoms. The molecule has 0 saturated heterocycles. The third-order valence-electron chi connectivity index (χ3n) is 2.24. The number of ether oxygens (including phenoxy) is 1. The molecule has 0 aliphatic rings. The number of halogens is 5. The summed E-state index contributed by atoms with van der Waals surface area (Å²) in [5.41, 5.74) is 2.72. The summed E-state index contributed by atoms with van der Waals surface area (Å²) in [6.45, 7) is 0. The van der Waals surface area contributed by atoms with E-state index >= 15 is 0 Å². The van der Waals surface area contributed by atoms with Gasteiger partial charge in [-0.25, -0.2) is 4.21 Å². The SMILES string of the molecule is COc1c(N)cc(C(F)(F)C(F)(F)F)cc1NS(=O)O. The number of alkyl halides is 5. The fourth-order valence-corrected chi connectivity index (χ4v) is 1.73. The Morgan fingerprint density at radius 3 is 2.25 bits per heavy atom. The molecule has 0 amide bonds. The lowest BCUT2D eigenvalue weighted by molar-refractivity contribution is -0.289. The Balaban J connectivity index is 3.45. The number of benzene rings is 1. The number of hydrogen-bond donors (Lipinski definition) is 3. The van der Waals surface area contributed by atoms with E-state index in [4.69, 9.17) is 10.3 Å².